The van der Waals surface area contributed by atoms with Gasteiger partial charge in [0.05, 0.1) is 0 Å². The van der Waals surface area contributed by atoms with E-state index >= 15 is 0 Å². The van der Waals surface area contributed by atoms with Crippen molar-refractivity contribution in [2.45, 2.75) is 45.4 Å². The van der Waals surface area contributed by atoms with Gasteiger partial charge >= 0.3 is 0 Å². The van der Waals surface area contributed by atoms with E-state index in [0.29, 0.717) is 0 Å². The highest BCUT2D eigenvalue weighted by Gasteiger charge is 2.53. The molecule has 1 atom stereocenters. The molecule has 0 aromatic carbocycles. The maximum atomic E-state index is 2.34. The van der Waals surface area contributed by atoms with Crippen LogP contribution in [0.5, 0.6) is 0 Å². The highest BCUT2D eigenvalue weighted by atomic mass is 14.6. The molecule has 0 saturated heterocycles. The third-order valence-corrected chi connectivity index (χ3v) is 3.45. The topological polar surface area (TPSA) is 0 Å². The third-order valence-electron chi connectivity index (χ3n) is 3.45. The Balaban J connectivity index is 1.97. The average Bonchev–Trinajstić information content (AvgIpc) is 2.30. The van der Waals surface area contributed by atoms with Gasteiger partial charge in [-0.05, 0) is 30.6 Å². The monoisotopic (exact) mass is 124 g/mol. The Morgan fingerprint density at radius 2 is 2.00 bits per heavy atom. The molecule has 9 heavy (non-hydrogen) atoms. The average molecular weight is 124 g/mol. The third kappa shape index (κ3) is 0.720. The predicted octanol–water partition coefficient (Wildman–Crippen LogP) is 2.98. The normalized spacial score (nSPS) is 37.7. The van der Waals surface area contributed by atoms with Gasteiger partial charge < -0.3 is 0 Å². The first-order valence-corrected chi connectivity index (χ1v) is 4.37. The molecule has 0 amide bonds. The molecular formula is C9H16. The second-order valence-electron chi connectivity index (χ2n) is 3.88. The van der Waals surface area contributed by atoms with E-state index in [4.69, 9.17) is 0 Å². The maximum absolute atomic E-state index is 2.34. The van der Waals surface area contributed by atoms with Gasteiger partial charge in [-0.25, -0.2) is 0 Å². The standard InChI is InChI=1S/C9H16/c1-2-8-7-9(8)5-3-4-6-9/h8H,2-7H2,1H3/t8-/m1/s1. The van der Waals surface area contributed by atoms with Crippen LogP contribution in [0.15, 0.2) is 0 Å². The largest absolute Gasteiger partial charge is 0.0651 e. The molecule has 52 valence electrons. The molecular weight excluding hydrogens is 108 g/mol. The molecule has 0 aromatic heterocycles. The number of hydrogen-bond acceptors (Lipinski definition) is 0. The summed E-state index contributed by atoms with van der Waals surface area (Å²) in [5, 5.41) is 0. The van der Waals surface area contributed by atoms with Crippen molar-refractivity contribution in [3.8, 4) is 0 Å². The minimum atomic E-state index is 0.911. The Hall–Kier alpha value is 0. The van der Waals surface area contributed by atoms with Crippen LogP contribution in [-0.2, 0) is 0 Å². The molecule has 0 aliphatic heterocycles. The Morgan fingerprint density at radius 1 is 1.33 bits per heavy atom. The van der Waals surface area contributed by atoms with Crippen molar-refractivity contribution in [1.29, 1.82) is 0 Å². The highest BCUT2D eigenvalue weighted by molar-refractivity contribution is 5.03. The van der Waals surface area contributed by atoms with Crippen molar-refractivity contribution >= 4 is 0 Å². The fourth-order valence-electron chi connectivity index (χ4n) is 2.70. The van der Waals surface area contributed by atoms with Gasteiger partial charge in [0.2, 0.25) is 0 Å². The molecule has 0 unspecified atom stereocenters. The lowest BCUT2D eigenvalue weighted by Crippen LogP contribution is -1.94. The smallest absolute Gasteiger partial charge is 0.0266 e. The van der Waals surface area contributed by atoms with Crippen molar-refractivity contribution in [1.82, 2.24) is 0 Å². The molecule has 0 radical (unpaired) electrons. The Bertz CT molecular complexity index is 109. The van der Waals surface area contributed by atoms with Gasteiger partial charge in [0.1, 0.15) is 0 Å². The van der Waals surface area contributed by atoms with Crippen molar-refractivity contribution in [3.05, 3.63) is 0 Å². The molecule has 1 spiro atoms. The zero-order valence-corrected chi connectivity index (χ0v) is 6.32. The van der Waals surface area contributed by atoms with E-state index in [0.717, 1.165) is 11.3 Å². The van der Waals surface area contributed by atoms with Gasteiger partial charge in [-0.2, -0.15) is 0 Å². The van der Waals surface area contributed by atoms with E-state index in [1.54, 1.807) is 19.3 Å². The minimum absolute atomic E-state index is 0.911. The summed E-state index contributed by atoms with van der Waals surface area (Å²) in [5.41, 5.74) is 0.911. The van der Waals surface area contributed by atoms with E-state index < -0.39 is 0 Å². The van der Waals surface area contributed by atoms with Crippen LogP contribution in [0.3, 0.4) is 0 Å². The quantitative estimate of drug-likeness (QED) is 0.504. The molecule has 2 saturated carbocycles. The minimum Gasteiger partial charge on any atom is -0.0651 e. The van der Waals surface area contributed by atoms with E-state index in [1.165, 1.54) is 19.3 Å². The van der Waals surface area contributed by atoms with Crippen LogP contribution in [-0.4, -0.2) is 0 Å². The maximum Gasteiger partial charge on any atom is -0.0266 e. The van der Waals surface area contributed by atoms with E-state index in [-0.39, 0.29) is 0 Å². The zero-order chi connectivity index (χ0) is 6.32. The molecule has 2 fully saturated rings. The highest BCUT2D eigenvalue weighted by Crippen LogP contribution is 2.63. The molecule has 0 N–H and O–H groups in total. The molecule has 0 heteroatoms. The Kier molecular flexibility index (Phi) is 1.12. The van der Waals surface area contributed by atoms with Gasteiger partial charge in [-0.1, -0.05) is 26.2 Å². The first kappa shape index (κ1) is 5.76. The van der Waals surface area contributed by atoms with Gasteiger partial charge in [-0.15, -0.1) is 0 Å². The first-order chi connectivity index (χ1) is 4.37. The molecule has 0 nitrogen and oxygen atoms in total. The van der Waals surface area contributed by atoms with Crippen molar-refractivity contribution in [3.63, 3.8) is 0 Å². The van der Waals surface area contributed by atoms with Crippen molar-refractivity contribution in [2.24, 2.45) is 11.3 Å². The van der Waals surface area contributed by atoms with Crippen LogP contribution >= 0.6 is 0 Å². The van der Waals surface area contributed by atoms with Crippen LogP contribution in [0.25, 0.3) is 0 Å². The van der Waals surface area contributed by atoms with Gasteiger partial charge in [-0.3, -0.25) is 0 Å². The summed E-state index contributed by atoms with van der Waals surface area (Å²) >= 11 is 0. The van der Waals surface area contributed by atoms with Gasteiger partial charge in [0.15, 0.2) is 0 Å². The van der Waals surface area contributed by atoms with Gasteiger partial charge in [0.25, 0.3) is 0 Å². The zero-order valence-electron chi connectivity index (χ0n) is 6.32. The van der Waals surface area contributed by atoms with E-state index in [2.05, 4.69) is 6.92 Å². The molecule has 2 rings (SSSR count). The summed E-state index contributed by atoms with van der Waals surface area (Å²) in [5.74, 6) is 1.14. The lowest BCUT2D eigenvalue weighted by atomic mass is 10.0. The molecule has 2 aliphatic carbocycles. The number of hydrogen-bond donors (Lipinski definition) is 0. The Morgan fingerprint density at radius 3 is 2.44 bits per heavy atom. The fraction of sp³-hybridized carbons (Fsp3) is 1.00. The summed E-state index contributed by atoms with van der Waals surface area (Å²) in [7, 11) is 0. The second kappa shape index (κ2) is 1.74. The molecule has 0 heterocycles. The van der Waals surface area contributed by atoms with Crippen molar-refractivity contribution in [2.75, 3.05) is 0 Å². The van der Waals surface area contributed by atoms with Crippen LogP contribution in [0.4, 0.5) is 0 Å². The second-order valence-corrected chi connectivity index (χ2v) is 3.88. The molecule has 0 bridgehead atoms. The Labute approximate surface area is 57.6 Å². The molecule has 2 aliphatic rings. The predicted molar refractivity (Wildman–Crippen MR) is 39.3 cm³/mol. The lowest BCUT2D eigenvalue weighted by Gasteiger charge is -2.04. The van der Waals surface area contributed by atoms with Crippen molar-refractivity contribution < 1.29 is 0 Å². The van der Waals surface area contributed by atoms with Crippen LogP contribution in [0.1, 0.15) is 45.4 Å². The first-order valence-electron chi connectivity index (χ1n) is 4.37. The summed E-state index contributed by atoms with van der Waals surface area (Å²) in [6, 6.07) is 0. The lowest BCUT2D eigenvalue weighted by molar-refractivity contribution is 0.464. The fourth-order valence-corrected chi connectivity index (χ4v) is 2.70. The van der Waals surface area contributed by atoms with Crippen LogP contribution < -0.4 is 0 Å². The summed E-state index contributed by atoms with van der Waals surface area (Å²) in [6.45, 7) is 2.34. The summed E-state index contributed by atoms with van der Waals surface area (Å²) in [4.78, 5) is 0. The summed E-state index contributed by atoms with van der Waals surface area (Å²) < 4.78 is 0. The molecule has 0 aromatic rings. The SMILES string of the molecule is CC[C@@H]1CC12CCCC2. The van der Waals surface area contributed by atoms with Gasteiger partial charge in [0, 0.05) is 0 Å². The van der Waals surface area contributed by atoms with E-state index in [1.807, 2.05) is 0 Å². The van der Waals surface area contributed by atoms with Crippen LogP contribution in [0, 0.1) is 11.3 Å². The summed E-state index contributed by atoms with van der Waals surface area (Å²) in [6.07, 6.45) is 9.19. The van der Waals surface area contributed by atoms with Crippen LogP contribution in [0.2, 0.25) is 0 Å². The van der Waals surface area contributed by atoms with E-state index in [9.17, 15) is 0 Å². The number of rotatable bonds is 1.